The summed E-state index contributed by atoms with van der Waals surface area (Å²) in [4.78, 5) is 37.9. The summed E-state index contributed by atoms with van der Waals surface area (Å²) in [6, 6.07) is 0. The molecule has 0 fully saturated rings. The van der Waals surface area contributed by atoms with E-state index in [0.717, 1.165) is 122 Å². The largest absolute Gasteiger partial charge is 0.462 e. The molecule has 6 nitrogen and oxygen atoms in total. The Morgan fingerprint density at radius 1 is 0.349 bits per heavy atom. The standard InChI is InChI=1S/C57H88O6/c1-4-7-10-13-16-19-22-24-26-28-30-31-33-35-38-41-44-47-50-56(59)62-53-54(52-61-55(58)49-46-43-40-37-21-18-15-12-9-6-3)63-57(60)51-48-45-42-39-36-34-32-29-27-25-23-20-17-14-11-8-5-2/h8,10-11,13,15-20,22,24-28,30-32,34,39,42,54H,4-7,9,12,14,21,23,29,33,35-38,40-41,43-53H2,1-3H3/b11-8-,13-10-,18-15-,19-16-,20-17-,24-22-,27-25-,28-26-,31-30-,34-32-,42-39-. The summed E-state index contributed by atoms with van der Waals surface area (Å²) in [6.45, 7) is 6.28. The first kappa shape index (κ1) is 58.6. The van der Waals surface area contributed by atoms with E-state index in [9.17, 15) is 14.4 Å². The Hall–Kier alpha value is -4.45. The highest BCUT2D eigenvalue weighted by Gasteiger charge is 2.19. The molecule has 0 aromatic rings. The van der Waals surface area contributed by atoms with E-state index in [0.29, 0.717) is 19.3 Å². The Bertz CT molecular complexity index is 1420. The van der Waals surface area contributed by atoms with Gasteiger partial charge in [0, 0.05) is 19.3 Å². The molecule has 0 aliphatic rings. The van der Waals surface area contributed by atoms with Crippen LogP contribution in [0.3, 0.4) is 0 Å². The number of carbonyl (C=O) groups is 3. The van der Waals surface area contributed by atoms with Crippen molar-refractivity contribution in [2.24, 2.45) is 0 Å². The van der Waals surface area contributed by atoms with E-state index in [2.05, 4.69) is 118 Å². The smallest absolute Gasteiger partial charge is 0.306 e. The molecule has 0 heterocycles. The molecule has 63 heavy (non-hydrogen) atoms. The van der Waals surface area contributed by atoms with Crippen LogP contribution in [0.5, 0.6) is 0 Å². The van der Waals surface area contributed by atoms with Gasteiger partial charge < -0.3 is 14.2 Å². The fourth-order valence-electron chi connectivity index (χ4n) is 6.02. The lowest BCUT2D eigenvalue weighted by molar-refractivity contribution is -0.167. The monoisotopic (exact) mass is 869 g/mol. The van der Waals surface area contributed by atoms with Gasteiger partial charge in [-0.2, -0.15) is 0 Å². The zero-order chi connectivity index (χ0) is 45.8. The normalized spacial score (nSPS) is 13.3. The Morgan fingerprint density at radius 2 is 0.730 bits per heavy atom. The SMILES string of the molecule is CC/C=C\C/C=C\C/C=C\C/C=C\C/C=C\CCCC(=O)OC(COC(=O)CCCCCC/C=C\CCCC)COC(=O)CCCCCCC\C=C/C=C\C=C/C=C\C=C/CCC. The van der Waals surface area contributed by atoms with E-state index in [4.69, 9.17) is 14.2 Å². The van der Waals surface area contributed by atoms with Crippen molar-refractivity contribution in [2.75, 3.05) is 13.2 Å². The van der Waals surface area contributed by atoms with Gasteiger partial charge in [-0.05, 0) is 96.3 Å². The number of unbranched alkanes of at least 4 members (excludes halogenated alkanes) is 13. The molecule has 0 N–H and O–H groups in total. The van der Waals surface area contributed by atoms with Crippen LogP contribution in [0.15, 0.2) is 134 Å². The summed E-state index contributed by atoms with van der Waals surface area (Å²) in [7, 11) is 0. The Balaban J connectivity index is 4.55. The van der Waals surface area contributed by atoms with Gasteiger partial charge in [-0.1, -0.05) is 206 Å². The van der Waals surface area contributed by atoms with E-state index in [-0.39, 0.29) is 37.5 Å². The Kier molecular flexibility index (Phi) is 46.7. The molecule has 1 unspecified atom stereocenters. The van der Waals surface area contributed by atoms with Gasteiger partial charge in [0.15, 0.2) is 6.10 Å². The van der Waals surface area contributed by atoms with Crippen molar-refractivity contribution in [3.63, 3.8) is 0 Å². The fraction of sp³-hybridized carbons (Fsp3) is 0.561. The number of allylic oxidation sites excluding steroid dienone is 22. The predicted molar refractivity (Wildman–Crippen MR) is 269 cm³/mol. The van der Waals surface area contributed by atoms with Crippen LogP contribution in [0.25, 0.3) is 0 Å². The first-order valence-electron chi connectivity index (χ1n) is 24.8. The molecule has 0 amide bonds. The maximum absolute atomic E-state index is 12.8. The summed E-state index contributed by atoms with van der Waals surface area (Å²) in [5.41, 5.74) is 0. The van der Waals surface area contributed by atoms with Crippen LogP contribution in [0, 0.1) is 0 Å². The molecule has 0 saturated carbocycles. The van der Waals surface area contributed by atoms with Crippen LogP contribution >= 0.6 is 0 Å². The van der Waals surface area contributed by atoms with Gasteiger partial charge in [-0.3, -0.25) is 14.4 Å². The summed E-state index contributed by atoms with van der Waals surface area (Å²) in [6.07, 6.45) is 70.0. The van der Waals surface area contributed by atoms with Crippen molar-refractivity contribution < 1.29 is 28.6 Å². The van der Waals surface area contributed by atoms with Gasteiger partial charge in [0.05, 0.1) is 0 Å². The Morgan fingerprint density at radius 3 is 1.24 bits per heavy atom. The third-order valence-corrected chi connectivity index (χ3v) is 9.72. The quantitative estimate of drug-likeness (QED) is 0.0200. The molecule has 0 aliphatic heterocycles. The molecule has 0 aliphatic carbocycles. The maximum Gasteiger partial charge on any atom is 0.306 e. The Labute approximate surface area is 385 Å². The average molecular weight is 869 g/mol. The van der Waals surface area contributed by atoms with Gasteiger partial charge in [-0.15, -0.1) is 0 Å². The molecule has 0 bridgehead atoms. The van der Waals surface area contributed by atoms with Gasteiger partial charge in [-0.25, -0.2) is 0 Å². The lowest BCUT2D eigenvalue weighted by atomic mass is 10.1. The molecule has 0 aromatic heterocycles. The molecule has 0 saturated heterocycles. The second-order valence-electron chi connectivity index (χ2n) is 15.8. The molecular formula is C57H88O6. The highest BCUT2D eigenvalue weighted by atomic mass is 16.6. The highest BCUT2D eigenvalue weighted by molar-refractivity contribution is 5.71. The second kappa shape index (κ2) is 50.2. The van der Waals surface area contributed by atoms with Crippen molar-refractivity contribution in [2.45, 2.75) is 194 Å². The van der Waals surface area contributed by atoms with E-state index >= 15 is 0 Å². The molecule has 352 valence electrons. The summed E-state index contributed by atoms with van der Waals surface area (Å²) in [5, 5.41) is 0. The second-order valence-corrected chi connectivity index (χ2v) is 15.8. The minimum Gasteiger partial charge on any atom is -0.462 e. The van der Waals surface area contributed by atoms with Crippen molar-refractivity contribution in [1.29, 1.82) is 0 Å². The molecule has 0 spiro atoms. The predicted octanol–water partition coefficient (Wildman–Crippen LogP) is 16.3. The summed E-state index contributed by atoms with van der Waals surface area (Å²) in [5.74, 6) is -1.03. The van der Waals surface area contributed by atoms with E-state index in [1.54, 1.807) is 0 Å². The zero-order valence-electron chi connectivity index (χ0n) is 40.0. The third-order valence-electron chi connectivity index (χ3n) is 9.72. The van der Waals surface area contributed by atoms with Gasteiger partial charge in [0.1, 0.15) is 13.2 Å². The molecular weight excluding hydrogens is 781 g/mol. The highest BCUT2D eigenvalue weighted by Crippen LogP contribution is 2.11. The number of ether oxygens (including phenoxy) is 3. The fourth-order valence-corrected chi connectivity index (χ4v) is 6.02. The summed E-state index contributed by atoms with van der Waals surface area (Å²) < 4.78 is 16.7. The molecule has 1 atom stereocenters. The van der Waals surface area contributed by atoms with Crippen LogP contribution in [0.2, 0.25) is 0 Å². The van der Waals surface area contributed by atoms with Crippen molar-refractivity contribution >= 4 is 17.9 Å². The first-order valence-corrected chi connectivity index (χ1v) is 24.8. The van der Waals surface area contributed by atoms with Gasteiger partial charge in [0.25, 0.3) is 0 Å². The average Bonchev–Trinajstić information content (AvgIpc) is 3.28. The van der Waals surface area contributed by atoms with Gasteiger partial charge in [0.2, 0.25) is 0 Å². The molecule has 6 heteroatoms. The van der Waals surface area contributed by atoms with Crippen LogP contribution in [0.4, 0.5) is 0 Å². The van der Waals surface area contributed by atoms with Crippen LogP contribution < -0.4 is 0 Å². The molecule has 0 radical (unpaired) electrons. The number of hydrogen-bond donors (Lipinski definition) is 0. The lowest BCUT2D eigenvalue weighted by Crippen LogP contribution is -2.30. The zero-order valence-corrected chi connectivity index (χ0v) is 40.0. The van der Waals surface area contributed by atoms with E-state index < -0.39 is 6.10 Å². The first-order chi connectivity index (χ1) is 31.0. The van der Waals surface area contributed by atoms with Crippen molar-refractivity contribution in [3.8, 4) is 0 Å². The lowest BCUT2D eigenvalue weighted by Gasteiger charge is -2.18. The van der Waals surface area contributed by atoms with Crippen molar-refractivity contribution in [3.05, 3.63) is 134 Å². The number of rotatable bonds is 42. The minimum atomic E-state index is -0.827. The minimum absolute atomic E-state index is 0.121. The third kappa shape index (κ3) is 48.4. The van der Waals surface area contributed by atoms with Crippen molar-refractivity contribution in [1.82, 2.24) is 0 Å². The van der Waals surface area contributed by atoms with Gasteiger partial charge >= 0.3 is 17.9 Å². The van der Waals surface area contributed by atoms with Crippen LogP contribution in [-0.2, 0) is 28.6 Å². The summed E-state index contributed by atoms with van der Waals surface area (Å²) >= 11 is 0. The molecule has 0 aromatic carbocycles. The number of carbonyl (C=O) groups excluding carboxylic acids is 3. The van der Waals surface area contributed by atoms with Crippen LogP contribution in [-0.4, -0.2) is 37.2 Å². The maximum atomic E-state index is 12.8. The van der Waals surface area contributed by atoms with Crippen LogP contribution in [0.1, 0.15) is 188 Å². The number of esters is 3. The molecule has 0 rings (SSSR count). The van der Waals surface area contributed by atoms with E-state index in [1.807, 2.05) is 36.5 Å². The van der Waals surface area contributed by atoms with E-state index in [1.165, 1.54) is 19.3 Å². The topological polar surface area (TPSA) is 78.9 Å². The number of hydrogen-bond acceptors (Lipinski definition) is 6.